The molecule has 0 saturated heterocycles. The predicted molar refractivity (Wildman–Crippen MR) is 125 cm³/mol. The number of furan rings is 1. The number of nitrogens with one attached hydrogen (secondary N) is 1. The van der Waals surface area contributed by atoms with Crippen LogP contribution in [0.1, 0.15) is 59.2 Å². The number of benzene rings is 1. The first-order valence-electron chi connectivity index (χ1n) is 10.4. The fourth-order valence-corrected chi connectivity index (χ4v) is 4.13. The van der Waals surface area contributed by atoms with Crippen molar-refractivity contribution in [3.8, 4) is 5.75 Å². The van der Waals surface area contributed by atoms with Crippen molar-refractivity contribution in [2.24, 2.45) is 0 Å². The highest BCUT2D eigenvalue weighted by Crippen LogP contribution is 2.34. The summed E-state index contributed by atoms with van der Waals surface area (Å²) in [5, 5.41) is 2.74. The Hall–Kier alpha value is -4.12. The predicted octanol–water partition coefficient (Wildman–Crippen LogP) is 4.23. The molecule has 11 heteroatoms. The van der Waals surface area contributed by atoms with Crippen LogP contribution in [-0.4, -0.2) is 44.6 Å². The summed E-state index contributed by atoms with van der Waals surface area (Å²) in [7, 11) is 2.50. The Morgan fingerprint density at radius 3 is 2.26 bits per heavy atom. The number of rotatable bonds is 9. The molecule has 2 aromatic heterocycles. The Morgan fingerprint density at radius 2 is 1.63 bits per heavy atom. The number of ether oxygens (including phenoxy) is 4. The van der Waals surface area contributed by atoms with Gasteiger partial charge in [-0.15, -0.1) is 11.3 Å². The molecule has 0 saturated carbocycles. The second-order valence-electron chi connectivity index (χ2n) is 7.00. The largest absolute Gasteiger partial charge is 0.486 e. The van der Waals surface area contributed by atoms with Gasteiger partial charge in [-0.1, -0.05) is 0 Å². The quantitative estimate of drug-likeness (QED) is 0.338. The number of methoxy groups -OCH3 is 2. The molecule has 1 amide bonds. The van der Waals surface area contributed by atoms with E-state index >= 15 is 0 Å². The summed E-state index contributed by atoms with van der Waals surface area (Å²) in [5.41, 5.74) is 0.805. The minimum atomic E-state index is -0.698. The molecule has 35 heavy (non-hydrogen) atoms. The highest BCUT2D eigenvalue weighted by molar-refractivity contribution is 7.18. The van der Waals surface area contributed by atoms with E-state index in [0.717, 1.165) is 11.3 Å². The zero-order valence-electron chi connectivity index (χ0n) is 19.5. The first-order valence-corrected chi connectivity index (χ1v) is 11.2. The zero-order chi connectivity index (χ0) is 25.5. The number of anilines is 1. The van der Waals surface area contributed by atoms with E-state index in [-0.39, 0.29) is 34.4 Å². The van der Waals surface area contributed by atoms with Crippen LogP contribution < -0.4 is 10.1 Å². The third-order valence-electron chi connectivity index (χ3n) is 4.77. The van der Waals surface area contributed by atoms with E-state index in [4.69, 9.17) is 18.6 Å². The summed E-state index contributed by atoms with van der Waals surface area (Å²) < 4.78 is 25.6. The van der Waals surface area contributed by atoms with Gasteiger partial charge in [-0.2, -0.15) is 0 Å². The van der Waals surface area contributed by atoms with Crippen LogP contribution >= 0.6 is 11.3 Å². The van der Waals surface area contributed by atoms with Crippen LogP contribution in [0.2, 0.25) is 0 Å². The normalized spacial score (nSPS) is 10.4. The number of carbonyl (C=O) groups excluding carboxylic acids is 4. The van der Waals surface area contributed by atoms with Gasteiger partial charge in [-0.3, -0.25) is 4.79 Å². The van der Waals surface area contributed by atoms with E-state index in [1.807, 2.05) is 0 Å². The summed E-state index contributed by atoms with van der Waals surface area (Å²) in [6.45, 7) is 3.44. The molecule has 0 atom stereocenters. The minimum absolute atomic E-state index is 0.0239. The molecule has 2 heterocycles. The van der Waals surface area contributed by atoms with Gasteiger partial charge in [0.15, 0.2) is 5.76 Å². The zero-order valence-corrected chi connectivity index (χ0v) is 20.3. The van der Waals surface area contributed by atoms with Gasteiger partial charge in [0.2, 0.25) is 0 Å². The Bertz CT molecular complexity index is 1240. The van der Waals surface area contributed by atoms with Crippen molar-refractivity contribution in [3.63, 3.8) is 0 Å². The molecule has 0 aliphatic heterocycles. The monoisotopic (exact) mass is 501 g/mol. The summed E-state index contributed by atoms with van der Waals surface area (Å²) >= 11 is 0.913. The van der Waals surface area contributed by atoms with E-state index in [9.17, 15) is 19.2 Å². The lowest BCUT2D eigenvalue weighted by Gasteiger charge is -2.06. The van der Waals surface area contributed by atoms with Gasteiger partial charge in [-0.25, -0.2) is 14.4 Å². The Balaban J connectivity index is 1.71. The highest BCUT2D eigenvalue weighted by Gasteiger charge is 2.27. The molecule has 3 aromatic rings. The van der Waals surface area contributed by atoms with Crippen LogP contribution in [0.3, 0.4) is 0 Å². The van der Waals surface area contributed by atoms with Crippen molar-refractivity contribution in [2.45, 2.75) is 20.5 Å². The average molecular weight is 502 g/mol. The van der Waals surface area contributed by atoms with Crippen LogP contribution in [0.25, 0.3) is 0 Å². The third kappa shape index (κ3) is 5.87. The van der Waals surface area contributed by atoms with Gasteiger partial charge in [0.05, 0.1) is 32.0 Å². The van der Waals surface area contributed by atoms with E-state index in [0.29, 0.717) is 22.6 Å². The molecule has 3 rings (SSSR count). The highest BCUT2D eigenvalue weighted by atomic mass is 32.1. The summed E-state index contributed by atoms with van der Waals surface area (Å²) in [4.78, 5) is 49.0. The third-order valence-corrected chi connectivity index (χ3v) is 5.95. The van der Waals surface area contributed by atoms with Crippen molar-refractivity contribution in [3.05, 3.63) is 69.5 Å². The van der Waals surface area contributed by atoms with Crippen LogP contribution in [-0.2, 0) is 20.8 Å². The lowest BCUT2D eigenvalue weighted by molar-refractivity contribution is 0.0530. The summed E-state index contributed by atoms with van der Waals surface area (Å²) in [6.07, 6.45) is 0. The number of hydrogen-bond acceptors (Lipinski definition) is 10. The molecule has 0 bridgehead atoms. The van der Waals surface area contributed by atoms with E-state index in [1.165, 1.54) is 20.3 Å². The Kier molecular flexibility index (Phi) is 8.26. The first kappa shape index (κ1) is 25.5. The van der Waals surface area contributed by atoms with Crippen LogP contribution in [0.5, 0.6) is 5.75 Å². The fourth-order valence-electron chi connectivity index (χ4n) is 3.04. The molecular weight excluding hydrogens is 478 g/mol. The maximum atomic E-state index is 12.8. The van der Waals surface area contributed by atoms with Crippen molar-refractivity contribution in [2.75, 3.05) is 26.1 Å². The van der Waals surface area contributed by atoms with Gasteiger partial charge < -0.3 is 28.7 Å². The van der Waals surface area contributed by atoms with Gasteiger partial charge in [0, 0.05) is 0 Å². The van der Waals surface area contributed by atoms with Gasteiger partial charge >= 0.3 is 17.9 Å². The Labute approximate surface area is 204 Å². The van der Waals surface area contributed by atoms with E-state index in [1.54, 1.807) is 44.2 Å². The molecular formula is C24H23NO9S. The smallest absolute Gasteiger partial charge is 0.348 e. The number of esters is 3. The van der Waals surface area contributed by atoms with E-state index < -0.39 is 23.8 Å². The van der Waals surface area contributed by atoms with E-state index in [2.05, 4.69) is 10.1 Å². The Morgan fingerprint density at radius 1 is 0.943 bits per heavy atom. The second-order valence-corrected chi connectivity index (χ2v) is 8.02. The lowest BCUT2D eigenvalue weighted by Crippen LogP contribution is -2.13. The average Bonchev–Trinajstić information content (AvgIpc) is 3.47. The number of carbonyl (C=O) groups is 4. The van der Waals surface area contributed by atoms with Gasteiger partial charge in [0.1, 0.15) is 28.0 Å². The van der Waals surface area contributed by atoms with Crippen LogP contribution in [0, 0.1) is 6.92 Å². The number of amides is 1. The minimum Gasteiger partial charge on any atom is -0.486 e. The van der Waals surface area contributed by atoms with Crippen molar-refractivity contribution < 1.29 is 42.5 Å². The molecule has 0 aliphatic carbocycles. The van der Waals surface area contributed by atoms with Crippen molar-refractivity contribution >= 4 is 40.2 Å². The summed E-state index contributed by atoms with van der Waals surface area (Å²) in [5.74, 6) is -1.54. The molecule has 0 spiro atoms. The topological polar surface area (TPSA) is 130 Å². The molecule has 0 unspecified atom stereocenters. The van der Waals surface area contributed by atoms with Crippen LogP contribution in [0.4, 0.5) is 5.00 Å². The maximum absolute atomic E-state index is 12.8. The molecule has 0 aliphatic rings. The second kappa shape index (κ2) is 11.3. The van der Waals surface area contributed by atoms with Crippen molar-refractivity contribution in [1.82, 2.24) is 0 Å². The lowest BCUT2D eigenvalue weighted by atomic mass is 10.1. The molecule has 1 N–H and O–H groups in total. The van der Waals surface area contributed by atoms with Gasteiger partial charge in [-0.05, 0) is 55.8 Å². The molecule has 0 fully saturated rings. The standard InChI is InChI=1S/C24H23NO9S/c1-5-32-24(29)19-13(2)18(23(28)31-4)21(35-19)25-20(26)17-11-10-16(34-17)12-33-15-8-6-14(7-9-15)22(27)30-3/h6-11H,5,12H2,1-4H3,(H,25,26). The van der Waals surface area contributed by atoms with Crippen molar-refractivity contribution in [1.29, 1.82) is 0 Å². The molecule has 1 aromatic carbocycles. The molecule has 0 radical (unpaired) electrons. The molecule has 10 nitrogen and oxygen atoms in total. The first-order chi connectivity index (χ1) is 16.8. The fraction of sp³-hybridized carbons (Fsp3) is 0.250. The molecule has 184 valence electrons. The SMILES string of the molecule is CCOC(=O)c1sc(NC(=O)c2ccc(COc3ccc(C(=O)OC)cc3)o2)c(C(=O)OC)c1C. The number of thiophene rings is 1. The van der Waals surface area contributed by atoms with Crippen LogP contribution in [0.15, 0.2) is 40.8 Å². The number of hydrogen-bond donors (Lipinski definition) is 1. The van der Waals surface area contributed by atoms with Gasteiger partial charge in [0.25, 0.3) is 5.91 Å². The summed E-state index contributed by atoms with van der Waals surface area (Å²) in [6, 6.07) is 9.37. The maximum Gasteiger partial charge on any atom is 0.348 e.